The SMILES string of the molecule is CC(C)(C)OC(=O)N(C(=O)OC(C)(C)C)c1sc2c(c1C#N)C1(CC2)CN(c2nc(S(C)(=O)=O)nc3c2c(N(C(=O)OC(C)(C)C)C(=O)OC(C)(C)C)nn3C(=O)OC(C)(C)C)C1. The molecule has 2 aliphatic rings. The zero-order valence-electron chi connectivity index (χ0n) is 38.6. The van der Waals surface area contributed by atoms with Crippen molar-refractivity contribution in [1.82, 2.24) is 19.7 Å². The summed E-state index contributed by atoms with van der Waals surface area (Å²) >= 11 is 1.08. The van der Waals surface area contributed by atoms with E-state index in [0.717, 1.165) is 27.4 Å². The van der Waals surface area contributed by atoms with Crippen molar-refractivity contribution in [2.75, 3.05) is 34.0 Å². The maximum absolute atomic E-state index is 14.0. The molecule has 0 atom stereocenters. The van der Waals surface area contributed by atoms with E-state index in [-0.39, 0.29) is 34.9 Å². The van der Waals surface area contributed by atoms with Gasteiger partial charge in [-0.15, -0.1) is 21.1 Å². The number of hydrogen-bond donors (Lipinski definition) is 0. The predicted octanol–water partition coefficient (Wildman–Crippen LogP) is 8.00. The number of ether oxygens (including phenoxy) is 5. The van der Waals surface area contributed by atoms with E-state index < -0.39 is 90.3 Å². The van der Waals surface area contributed by atoms with Crippen molar-refractivity contribution in [3.63, 3.8) is 0 Å². The van der Waals surface area contributed by atoms with Crippen LogP contribution in [0.15, 0.2) is 5.16 Å². The van der Waals surface area contributed by atoms with Crippen LogP contribution in [0.4, 0.5) is 40.6 Å². The molecule has 1 spiro atoms. The molecule has 4 amide bonds. The number of sulfone groups is 1. The molecule has 0 aromatic carbocycles. The number of amides is 4. The van der Waals surface area contributed by atoms with E-state index in [1.54, 1.807) is 109 Å². The average molecular weight is 917 g/mol. The summed E-state index contributed by atoms with van der Waals surface area (Å²) in [5, 5.41) is 14.2. The number of nitriles is 1. The van der Waals surface area contributed by atoms with Gasteiger partial charge in [0, 0.05) is 29.6 Å². The van der Waals surface area contributed by atoms with Crippen LogP contribution < -0.4 is 14.7 Å². The van der Waals surface area contributed by atoms with Crippen molar-refractivity contribution < 1.29 is 56.1 Å². The standard InChI is InChI=1S/C41H56N8O12S2/c1-36(2,3)57-31(50)47(32(51)58-37(4,5)6)28-24-26(43-30(63(16,55)56)44-27(24)49(45-28)35(54)61-40(13,14)15)46-20-41(21-46)18-17-23-25(41)22(19-42)29(62-23)48(33(52)59-38(7,8)9)34(53)60-39(10,11)12/h17-18,20-21H2,1-16H3. The molecule has 20 nitrogen and oxygen atoms in total. The van der Waals surface area contributed by atoms with Crippen LogP contribution in [0, 0.1) is 11.3 Å². The summed E-state index contributed by atoms with van der Waals surface area (Å²) in [7, 11) is -4.21. The minimum Gasteiger partial charge on any atom is -0.443 e. The molecular formula is C41H56N8O12S2. The number of thiophene rings is 1. The zero-order chi connectivity index (χ0) is 47.8. The van der Waals surface area contributed by atoms with E-state index in [2.05, 4.69) is 21.1 Å². The van der Waals surface area contributed by atoms with Gasteiger partial charge in [-0.3, -0.25) is 0 Å². The normalized spacial score (nSPS) is 15.3. The second-order valence-electron chi connectivity index (χ2n) is 20.4. The van der Waals surface area contributed by atoms with Gasteiger partial charge in [0.1, 0.15) is 50.3 Å². The van der Waals surface area contributed by atoms with Gasteiger partial charge in [0.05, 0.1) is 5.56 Å². The van der Waals surface area contributed by atoms with Gasteiger partial charge < -0.3 is 28.6 Å². The van der Waals surface area contributed by atoms with Crippen LogP contribution in [-0.2, 0) is 45.4 Å². The van der Waals surface area contributed by atoms with Crippen molar-refractivity contribution in [3.8, 4) is 6.07 Å². The first-order chi connectivity index (χ1) is 28.4. The highest BCUT2D eigenvalue weighted by molar-refractivity contribution is 7.90. The third-order valence-corrected chi connectivity index (χ3v) is 10.9. The first-order valence-electron chi connectivity index (χ1n) is 20.0. The van der Waals surface area contributed by atoms with Crippen molar-refractivity contribution in [1.29, 1.82) is 5.26 Å². The summed E-state index contributed by atoms with van der Waals surface area (Å²) in [4.78, 5) is 81.6. The molecule has 0 unspecified atom stereocenters. The highest BCUT2D eigenvalue weighted by Crippen LogP contribution is 2.55. The number of hydrogen-bond acceptors (Lipinski definition) is 18. The quantitative estimate of drug-likeness (QED) is 0.178. The van der Waals surface area contributed by atoms with Crippen LogP contribution in [0.5, 0.6) is 0 Å². The molecule has 344 valence electrons. The number of aromatic nitrogens is 4. The van der Waals surface area contributed by atoms with Crippen molar-refractivity contribution in [3.05, 3.63) is 16.0 Å². The maximum Gasteiger partial charge on any atom is 0.437 e. The molecule has 5 rings (SSSR count). The number of fused-ring (bicyclic) bond motifs is 3. The first kappa shape index (κ1) is 48.5. The number of carbonyl (C=O) groups is 5. The van der Waals surface area contributed by atoms with Crippen LogP contribution >= 0.6 is 11.3 Å². The fourth-order valence-electron chi connectivity index (χ4n) is 6.76. The van der Waals surface area contributed by atoms with Gasteiger partial charge in [-0.25, -0.2) is 32.4 Å². The monoisotopic (exact) mass is 916 g/mol. The Balaban J connectivity index is 1.74. The Morgan fingerprint density at radius 3 is 1.57 bits per heavy atom. The average Bonchev–Trinajstić information content (AvgIpc) is 3.70. The number of anilines is 3. The lowest BCUT2D eigenvalue weighted by atomic mass is 9.74. The Kier molecular flexibility index (Phi) is 12.2. The molecule has 3 aromatic rings. The predicted molar refractivity (Wildman–Crippen MR) is 231 cm³/mol. The van der Waals surface area contributed by atoms with Crippen molar-refractivity contribution in [2.24, 2.45) is 0 Å². The Morgan fingerprint density at radius 1 is 0.714 bits per heavy atom. The molecule has 63 heavy (non-hydrogen) atoms. The van der Waals surface area contributed by atoms with E-state index in [1.807, 2.05) is 0 Å². The summed E-state index contributed by atoms with van der Waals surface area (Å²) in [6.45, 7) is 24.2. The second kappa shape index (κ2) is 15.9. The lowest BCUT2D eigenvalue weighted by molar-refractivity contribution is 0.0407. The van der Waals surface area contributed by atoms with Crippen LogP contribution in [0.25, 0.3) is 11.0 Å². The van der Waals surface area contributed by atoms with E-state index in [9.17, 15) is 37.7 Å². The molecule has 0 bridgehead atoms. The largest absolute Gasteiger partial charge is 0.443 e. The summed E-state index contributed by atoms with van der Waals surface area (Å²) in [6.07, 6.45) is -3.87. The van der Waals surface area contributed by atoms with Gasteiger partial charge >= 0.3 is 30.5 Å². The third kappa shape index (κ3) is 10.6. The second-order valence-corrected chi connectivity index (χ2v) is 23.4. The van der Waals surface area contributed by atoms with E-state index in [4.69, 9.17) is 23.7 Å². The summed E-state index contributed by atoms with van der Waals surface area (Å²) in [5.74, 6) is -0.664. The molecule has 3 aromatic heterocycles. The molecule has 0 N–H and O–H groups in total. The fourth-order valence-corrected chi connectivity index (χ4v) is 8.61. The maximum atomic E-state index is 14.0. The lowest BCUT2D eigenvalue weighted by Crippen LogP contribution is -2.59. The van der Waals surface area contributed by atoms with Crippen LogP contribution in [0.3, 0.4) is 0 Å². The minimum atomic E-state index is -4.21. The van der Waals surface area contributed by atoms with Gasteiger partial charge in [-0.1, -0.05) is 0 Å². The number of rotatable bonds is 4. The molecule has 1 saturated heterocycles. The van der Waals surface area contributed by atoms with Gasteiger partial charge in [-0.2, -0.15) is 25.0 Å². The van der Waals surface area contributed by atoms with Crippen LogP contribution in [-0.4, -0.2) is 106 Å². The number of imide groups is 2. The molecule has 0 radical (unpaired) electrons. The molecular weight excluding hydrogens is 861 g/mol. The summed E-state index contributed by atoms with van der Waals surface area (Å²) < 4.78 is 55.2. The smallest absolute Gasteiger partial charge is 0.437 e. The Bertz CT molecular complexity index is 2480. The highest BCUT2D eigenvalue weighted by Gasteiger charge is 2.54. The molecule has 1 fully saturated rings. The highest BCUT2D eigenvalue weighted by atomic mass is 32.2. The first-order valence-corrected chi connectivity index (χ1v) is 22.7. The number of carbonyl (C=O) groups excluding carboxylic acids is 5. The summed E-state index contributed by atoms with van der Waals surface area (Å²) in [6, 6.07) is 2.20. The van der Waals surface area contributed by atoms with Crippen molar-refractivity contribution >= 4 is 79.3 Å². The van der Waals surface area contributed by atoms with E-state index in [1.165, 1.54) is 0 Å². The van der Waals surface area contributed by atoms with E-state index >= 15 is 0 Å². The van der Waals surface area contributed by atoms with Gasteiger partial charge in [-0.05, 0) is 122 Å². The Labute approximate surface area is 370 Å². The fraction of sp³-hybridized carbons (Fsp3) is 0.634. The third-order valence-electron chi connectivity index (χ3n) is 8.81. The van der Waals surface area contributed by atoms with Gasteiger partial charge in [0.15, 0.2) is 11.5 Å². The lowest BCUT2D eigenvalue weighted by Gasteiger charge is -2.49. The van der Waals surface area contributed by atoms with E-state index in [0.29, 0.717) is 28.0 Å². The number of nitrogens with zero attached hydrogens (tertiary/aromatic N) is 8. The van der Waals surface area contributed by atoms with Gasteiger partial charge in [0.25, 0.3) is 5.16 Å². The Morgan fingerprint density at radius 2 is 1.16 bits per heavy atom. The Hall–Kier alpha value is -5.56. The molecule has 4 heterocycles. The molecule has 1 aliphatic carbocycles. The number of aryl methyl sites for hydroxylation is 1. The molecule has 0 saturated carbocycles. The van der Waals surface area contributed by atoms with Crippen molar-refractivity contribution in [2.45, 2.75) is 155 Å². The zero-order valence-corrected chi connectivity index (χ0v) is 40.3. The minimum absolute atomic E-state index is 0.0126. The van der Waals surface area contributed by atoms with Gasteiger partial charge in [0.2, 0.25) is 9.84 Å². The molecule has 22 heteroatoms. The molecule has 1 aliphatic heterocycles. The van der Waals surface area contributed by atoms with Crippen LogP contribution in [0.1, 0.15) is 126 Å². The topological polar surface area (TPSA) is 243 Å². The summed E-state index contributed by atoms with van der Waals surface area (Å²) in [5.41, 5.74) is -6.01. The van der Waals surface area contributed by atoms with Crippen LogP contribution in [0.2, 0.25) is 0 Å².